The first-order valence-corrected chi connectivity index (χ1v) is 19.1. The topological polar surface area (TPSA) is 266 Å². The number of benzene rings is 2. The van der Waals surface area contributed by atoms with E-state index in [1.807, 2.05) is 26.8 Å². The highest BCUT2D eigenvalue weighted by atomic mass is 16.5. The molecule has 2 rings (SSSR count). The van der Waals surface area contributed by atoms with E-state index in [1.54, 1.807) is 37.3 Å². The Morgan fingerprint density at radius 2 is 1.50 bits per heavy atom. The molecule has 16 heteroatoms. The van der Waals surface area contributed by atoms with Crippen LogP contribution in [0.1, 0.15) is 81.3 Å². The second kappa shape index (κ2) is 25.8. The van der Waals surface area contributed by atoms with Crippen molar-refractivity contribution in [2.45, 2.75) is 72.3 Å². The molecule has 1 amide bonds. The highest BCUT2D eigenvalue weighted by molar-refractivity contribution is 6.09. The molecule has 0 aliphatic carbocycles. The van der Waals surface area contributed by atoms with Gasteiger partial charge in [0.2, 0.25) is 0 Å². The summed E-state index contributed by atoms with van der Waals surface area (Å²) in [5, 5.41) is 14.1. The van der Waals surface area contributed by atoms with Crippen molar-refractivity contribution in [2.24, 2.45) is 38.8 Å². The number of aromatic hydroxyl groups is 1. The van der Waals surface area contributed by atoms with Crippen LogP contribution in [0.15, 0.2) is 76.4 Å². The van der Waals surface area contributed by atoms with E-state index >= 15 is 0 Å². The van der Waals surface area contributed by atoms with Gasteiger partial charge >= 0.3 is 5.97 Å². The summed E-state index contributed by atoms with van der Waals surface area (Å²) in [6, 6.07) is 9.26. The fourth-order valence-electron chi connectivity index (χ4n) is 5.48. The number of carbonyl (C=O) groups is 4. The third-order valence-electron chi connectivity index (χ3n) is 8.38. The summed E-state index contributed by atoms with van der Waals surface area (Å²) in [5.74, 6) is -1.63. The number of nitrogens with zero attached hydrogens (tertiary/aromatic N) is 2. The highest BCUT2D eigenvalue weighted by Crippen LogP contribution is 2.33. The lowest BCUT2D eigenvalue weighted by Gasteiger charge is -2.21. The van der Waals surface area contributed by atoms with Gasteiger partial charge in [0, 0.05) is 25.1 Å². The van der Waals surface area contributed by atoms with Crippen molar-refractivity contribution >= 4 is 41.4 Å². The summed E-state index contributed by atoms with van der Waals surface area (Å²) < 4.78 is 22.2. The monoisotopic (exact) mass is 805 g/mol. The van der Waals surface area contributed by atoms with Crippen LogP contribution in [0, 0.1) is 5.92 Å². The summed E-state index contributed by atoms with van der Waals surface area (Å²) in [6.07, 6.45) is 6.82. The van der Waals surface area contributed by atoms with Gasteiger partial charge in [-0.3, -0.25) is 29.2 Å². The zero-order chi connectivity index (χ0) is 43.0. The second-order valence-corrected chi connectivity index (χ2v) is 13.4. The van der Waals surface area contributed by atoms with Crippen LogP contribution in [0.4, 0.5) is 0 Å². The van der Waals surface area contributed by atoms with Crippen LogP contribution in [0.3, 0.4) is 0 Å². The molecule has 0 fully saturated rings. The summed E-state index contributed by atoms with van der Waals surface area (Å²) in [5.41, 5.74) is 23.5. The predicted octanol–water partition coefficient (Wildman–Crippen LogP) is 3.84. The van der Waals surface area contributed by atoms with Crippen molar-refractivity contribution in [1.82, 2.24) is 5.32 Å². The SMILES string of the molecule is C=C(OCC)C(CCCN=C(N)N)NC(=O)COc1ccc(/C=C/C(=O)c2ccc(OCC(=O)CC(CCCN=C(N)N)C(=O)OCC)c(CC=C(C)C)c2O)cc1. The Labute approximate surface area is 340 Å². The Hall–Kier alpha value is -6.32. The summed E-state index contributed by atoms with van der Waals surface area (Å²) in [6.45, 7) is 11.9. The fourth-order valence-corrected chi connectivity index (χ4v) is 5.48. The van der Waals surface area contributed by atoms with E-state index in [-0.39, 0.29) is 73.3 Å². The number of amides is 1. The number of phenolic OH excluding ortho intramolecular Hbond substituents is 1. The number of hydrogen-bond donors (Lipinski definition) is 6. The van der Waals surface area contributed by atoms with Gasteiger partial charge in [-0.2, -0.15) is 0 Å². The second-order valence-electron chi connectivity index (χ2n) is 13.4. The standard InChI is InChI=1S/C42H59N7O9/c1-6-55-28(5)35(11-9-23-48-42(45)46)49-38(52)26-57-32-16-13-29(14-17-32)15-20-36(51)33-19-21-37(34(39(33)53)18-12-27(3)4)58-25-31(50)24-30(40(54)56-7-2)10-8-22-47-41(43)44/h12-17,19-21,30,35,53H,5-11,18,22-26H2,1-4H3,(H,49,52)(H4,43,44,47)(H4,45,46,48)/b20-15+. The van der Waals surface area contributed by atoms with Crippen LogP contribution in [-0.4, -0.2) is 86.0 Å². The fraction of sp³-hybridized carbons (Fsp3) is 0.429. The molecule has 0 aliphatic rings. The maximum absolute atomic E-state index is 13.3. The molecule has 2 unspecified atom stereocenters. The van der Waals surface area contributed by atoms with Gasteiger partial charge in [-0.25, -0.2) is 0 Å². The molecule has 0 heterocycles. The number of ether oxygens (including phenoxy) is 4. The highest BCUT2D eigenvalue weighted by Gasteiger charge is 2.24. The van der Waals surface area contributed by atoms with Gasteiger partial charge in [-0.15, -0.1) is 0 Å². The minimum atomic E-state index is -0.698. The minimum absolute atomic E-state index is 0.00619. The number of Topliss-reactive ketones (excluding diaryl/α,β-unsaturated/α-hetero) is 1. The maximum Gasteiger partial charge on any atom is 0.309 e. The Balaban J connectivity index is 2.09. The minimum Gasteiger partial charge on any atom is -0.507 e. The summed E-state index contributed by atoms with van der Waals surface area (Å²) in [4.78, 5) is 59.4. The molecule has 316 valence electrons. The molecule has 0 bridgehead atoms. The van der Waals surface area contributed by atoms with Crippen molar-refractivity contribution in [3.8, 4) is 17.2 Å². The van der Waals surface area contributed by atoms with Gasteiger partial charge < -0.3 is 52.3 Å². The zero-order valence-corrected chi connectivity index (χ0v) is 34.0. The number of ketones is 2. The number of guanidine groups is 2. The number of allylic oxidation sites excluding steroid dienone is 3. The first-order valence-electron chi connectivity index (χ1n) is 19.1. The van der Waals surface area contributed by atoms with Gasteiger partial charge in [-0.05, 0) is 95.7 Å². The molecule has 2 aromatic rings. The van der Waals surface area contributed by atoms with Gasteiger partial charge in [0.05, 0.1) is 30.7 Å². The number of carbonyl (C=O) groups excluding carboxylic acids is 4. The molecule has 2 atom stereocenters. The van der Waals surface area contributed by atoms with Crippen LogP contribution < -0.4 is 37.7 Å². The van der Waals surface area contributed by atoms with E-state index in [9.17, 15) is 24.3 Å². The van der Waals surface area contributed by atoms with E-state index in [4.69, 9.17) is 41.9 Å². The molecule has 0 spiro atoms. The molecule has 0 saturated carbocycles. The summed E-state index contributed by atoms with van der Waals surface area (Å²) in [7, 11) is 0. The largest absolute Gasteiger partial charge is 0.507 e. The number of phenols is 1. The smallest absolute Gasteiger partial charge is 0.309 e. The van der Waals surface area contributed by atoms with Crippen molar-refractivity contribution in [1.29, 1.82) is 0 Å². The van der Waals surface area contributed by atoms with E-state index in [0.717, 1.165) is 5.57 Å². The van der Waals surface area contributed by atoms with Gasteiger partial charge in [0.15, 0.2) is 30.1 Å². The average Bonchev–Trinajstić information content (AvgIpc) is 3.17. The van der Waals surface area contributed by atoms with E-state index in [0.29, 0.717) is 68.0 Å². The van der Waals surface area contributed by atoms with Crippen molar-refractivity contribution in [2.75, 3.05) is 39.5 Å². The number of aliphatic imine (C=N–C) groups is 2. The number of esters is 1. The van der Waals surface area contributed by atoms with E-state index < -0.39 is 23.7 Å². The molecule has 0 saturated heterocycles. The third-order valence-corrected chi connectivity index (χ3v) is 8.38. The molecule has 0 radical (unpaired) electrons. The number of nitrogens with one attached hydrogen (secondary N) is 1. The first kappa shape index (κ1) is 47.8. The lowest BCUT2D eigenvalue weighted by molar-refractivity contribution is -0.150. The Morgan fingerprint density at radius 1 is 0.862 bits per heavy atom. The molecular formula is C42H59N7O9. The van der Waals surface area contributed by atoms with Gasteiger partial charge in [-0.1, -0.05) is 36.4 Å². The van der Waals surface area contributed by atoms with Gasteiger partial charge in [0.25, 0.3) is 5.91 Å². The van der Waals surface area contributed by atoms with Crippen LogP contribution in [0.5, 0.6) is 17.2 Å². The Morgan fingerprint density at radius 3 is 2.10 bits per heavy atom. The van der Waals surface area contributed by atoms with Crippen LogP contribution >= 0.6 is 0 Å². The maximum atomic E-state index is 13.3. The Bertz CT molecular complexity index is 1810. The van der Waals surface area contributed by atoms with Gasteiger partial charge in [0.1, 0.15) is 29.6 Å². The predicted molar refractivity (Wildman–Crippen MR) is 224 cm³/mol. The average molecular weight is 806 g/mol. The molecule has 58 heavy (non-hydrogen) atoms. The quantitative estimate of drug-likeness (QED) is 0.0110. The molecule has 16 nitrogen and oxygen atoms in total. The molecular weight excluding hydrogens is 747 g/mol. The molecule has 0 aromatic heterocycles. The van der Waals surface area contributed by atoms with Crippen molar-refractivity contribution < 1.29 is 43.2 Å². The molecule has 2 aromatic carbocycles. The van der Waals surface area contributed by atoms with Crippen LogP contribution in [0.2, 0.25) is 0 Å². The Kier molecular flexibility index (Phi) is 21.2. The lowest BCUT2D eigenvalue weighted by Crippen LogP contribution is -2.39. The third kappa shape index (κ3) is 18.1. The summed E-state index contributed by atoms with van der Waals surface area (Å²) >= 11 is 0. The number of nitrogens with two attached hydrogens (primary N) is 4. The van der Waals surface area contributed by atoms with E-state index in [2.05, 4.69) is 21.9 Å². The van der Waals surface area contributed by atoms with Crippen LogP contribution in [-0.2, 0) is 30.3 Å². The van der Waals surface area contributed by atoms with E-state index in [1.165, 1.54) is 18.2 Å². The van der Waals surface area contributed by atoms with Crippen LogP contribution in [0.25, 0.3) is 6.08 Å². The number of rotatable bonds is 27. The number of hydrogen-bond acceptors (Lipinski definition) is 11. The zero-order valence-electron chi connectivity index (χ0n) is 34.0. The first-order chi connectivity index (χ1) is 27.6. The molecule has 0 aliphatic heterocycles. The molecule has 10 N–H and O–H groups in total. The van der Waals surface area contributed by atoms with Crippen molar-refractivity contribution in [3.05, 3.63) is 83.2 Å². The van der Waals surface area contributed by atoms with Crippen molar-refractivity contribution in [3.63, 3.8) is 0 Å². The lowest BCUT2D eigenvalue weighted by atomic mass is 9.97. The normalized spacial score (nSPS) is 11.7.